The second-order valence-electron chi connectivity index (χ2n) is 7.15. The lowest BCUT2D eigenvalue weighted by Crippen LogP contribution is -2.40. The molecule has 0 spiro atoms. The molecule has 0 aliphatic carbocycles. The Hall–Kier alpha value is -2.31. The number of hydrogen-bond donors (Lipinski definition) is 2. The first-order chi connectivity index (χ1) is 13.0. The molecule has 1 aliphatic heterocycles. The predicted octanol–water partition coefficient (Wildman–Crippen LogP) is 2.95. The van der Waals surface area contributed by atoms with Crippen molar-refractivity contribution >= 4 is 5.91 Å². The molecule has 0 saturated carbocycles. The molecule has 0 aromatic heterocycles. The Kier molecular flexibility index (Phi) is 6.53. The van der Waals surface area contributed by atoms with Gasteiger partial charge in [-0.1, -0.05) is 30.3 Å². The molecule has 2 aromatic rings. The highest BCUT2D eigenvalue weighted by Crippen LogP contribution is 2.19. The lowest BCUT2D eigenvalue weighted by atomic mass is 9.97. The summed E-state index contributed by atoms with van der Waals surface area (Å²) in [6.07, 6.45) is 1.86. The number of carbonyl (C=O) groups is 1. The van der Waals surface area contributed by atoms with Crippen LogP contribution in [0.15, 0.2) is 42.5 Å². The standard InChI is InChI=1S/C21H25F2N3O/c22-19-7-6-16(10-20(19)23)12-25-11-15-3-1-4-17(9-15)13-26-8-2-5-18(14-26)21(24)27/h1,3-4,6-7,9-10,18,25H,2,5,8,11-14H2,(H2,24,27). The number of amides is 1. The highest BCUT2D eigenvalue weighted by atomic mass is 19.2. The fraction of sp³-hybridized carbons (Fsp3) is 0.381. The monoisotopic (exact) mass is 373 g/mol. The molecule has 3 N–H and O–H groups in total. The molecule has 1 fully saturated rings. The molecule has 1 saturated heterocycles. The molecule has 1 aliphatic rings. The summed E-state index contributed by atoms with van der Waals surface area (Å²) in [5.41, 5.74) is 8.46. The summed E-state index contributed by atoms with van der Waals surface area (Å²) in [5, 5.41) is 3.25. The van der Waals surface area contributed by atoms with Crippen LogP contribution in [0.5, 0.6) is 0 Å². The maximum absolute atomic E-state index is 13.2. The van der Waals surface area contributed by atoms with E-state index in [2.05, 4.69) is 22.3 Å². The number of likely N-dealkylation sites (tertiary alicyclic amines) is 1. The van der Waals surface area contributed by atoms with Crippen molar-refractivity contribution in [2.24, 2.45) is 11.7 Å². The lowest BCUT2D eigenvalue weighted by Gasteiger charge is -2.31. The summed E-state index contributed by atoms with van der Waals surface area (Å²) >= 11 is 0. The van der Waals surface area contributed by atoms with Crippen LogP contribution in [0.2, 0.25) is 0 Å². The number of hydrogen-bond acceptors (Lipinski definition) is 3. The van der Waals surface area contributed by atoms with E-state index >= 15 is 0 Å². The average molecular weight is 373 g/mol. The number of piperidine rings is 1. The largest absolute Gasteiger partial charge is 0.369 e. The van der Waals surface area contributed by atoms with E-state index in [0.717, 1.165) is 37.6 Å². The van der Waals surface area contributed by atoms with Crippen LogP contribution in [0.3, 0.4) is 0 Å². The SMILES string of the molecule is NC(=O)C1CCCN(Cc2cccc(CNCc3ccc(F)c(F)c3)c2)C1. The normalized spacial score (nSPS) is 17.8. The van der Waals surface area contributed by atoms with Crippen LogP contribution in [0, 0.1) is 17.6 Å². The van der Waals surface area contributed by atoms with Gasteiger partial charge in [-0.15, -0.1) is 0 Å². The van der Waals surface area contributed by atoms with Crippen molar-refractivity contribution in [3.63, 3.8) is 0 Å². The van der Waals surface area contributed by atoms with Crippen molar-refractivity contribution in [2.45, 2.75) is 32.5 Å². The van der Waals surface area contributed by atoms with Gasteiger partial charge in [0, 0.05) is 26.2 Å². The van der Waals surface area contributed by atoms with Gasteiger partial charge in [0.15, 0.2) is 11.6 Å². The van der Waals surface area contributed by atoms with Crippen LogP contribution in [-0.4, -0.2) is 23.9 Å². The van der Waals surface area contributed by atoms with Gasteiger partial charge in [0.25, 0.3) is 0 Å². The van der Waals surface area contributed by atoms with Gasteiger partial charge in [-0.3, -0.25) is 9.69 Å². The van der Waals surface area contributed by atoms with E-state index in [1.807, 2.05) is 12.1 Å². The first-order valence-electron chi connectivity index (χ1n) is 9.25. The van der Waals surface area contributed by atoms with E-state index in [9.17, 15) is 13.6 Å². The number of rotatable bonds is 7. The molecule has 1 atom stereocenters. The number of benzene rings is 2. The predicted molar refractivity (Wildman–Crippen MR) is 101 cm³/mol. The van der Waals surface area contributed by atoms with Crippen LogP contribution in [-0.2, 0) is 24.4 Å². The van der Waals surface area contributed by atoms with Crippen LogP contribution in [0.4, 0.5) is 8.78 Å². The van der Waals surface area contributed by atoms with E-state index in [1.165, 1.54) is 11.6 Å². The first-order valence-corrected chi connectivity index (χ1v) is 9.25. The molecular formula is C21H25F2N3O. The smallest absolute Gasteiger partial charge is 0.221 e. The molecule has 6 heteroatoms. The molecule has 1 unspecified atom stereocenters. The van der Waals surface area contributed by atoms with E-state index in [1.54, 1.807) is 6.07 Å². The van der Waals surface area contributed by atoms with Crippen LogP contribution >= 0.6 is 0 Å². The maximum atomic E-state index is 13.2. The van der Waals surface area contributed by atoms with Crippen molar-refractivity contribution in [1.82, 2.24) is 10.2 Å². The number of nitrogens with zero attached hydrogens (tertiary/aromatic N) is 1. The van der Waals surface area contributed by atoms with Gasteiger partial charge >= 0.3 is 0 Å². The Bertz CT molecular complexity index is 797. The quantitative estimate of drug-likeness (QED) is 0.785. The molecule has 3 rings (SSSR count). The topological polar surface area (TPSA) is 58.4 Å². The van der Waals surface area contributed by atoms with E-state index < -0.39 is 11.6 Å². The minimum Gasteiger partial charge on any atom is -0.369 e. The minimum atomic E-state index is -0.831. The zero-order valence-electron chi connectivity index (χ0n) is 15.3. The lowest BCUT2D eigenvalue weighted by molar-refractivity contribution is -0.123. The average Bonchev–Trinajstić information content (AvgIpc) is 2.65. The van der Waals surface area contributed by atoms with Gasteiger partial charge in [-0.2, -0.15) is 0 Å². The van der Waals surface area contributed by atoms with E-state index in [0.29, 0.717) is 25.2 Å². The third-order valence-corrected chi connectivity index (χ3v) is 4.95. The van der Waals surface area contributed by atoms with Crippen molar-refractivity contribution in [2.75, 3.05) is 13.1 Å². The zero-order valence-corrected chi connectivity index (χ0v) is 15.3. The summed E-state index contributed by atoms with van der Waals surface area (Å²) in [6.45, 7) is 3.59. The highest BCUT2D eigenvalue weighted by Gasteiger charge is 2.23. The Balaban J connectivity index is 1.52. The van der Waals surface area contributed by atoms with Gasteiger partial charge in [0.2, 0.25) is 5.91 Å². The minimum absolute atomic E-state index is 0.0558. The fourth-order valence-electron chi connectivity index (χ4n) is 3.53. The van der Waals surface area contributed by atoms with Gasteiger partial charge < -0.3 is 11.1 Å². The van der Waals surface area contributed by atoms with E-state index in [4.69, 9.17) is 5.73 Å². The number of carbonyl (C=O) groups excluding carboxylic acids is 1. The third-order valence-electron chi connectivity index (χ3n) is 4.95. The number of halogens is 2. The third kappa shape index (κ3) is 5.58. The van der Waals surface area contributed by atoms with Crippen LogP contribution < -0.4 is 11.1 Å². The number of nitrogens with one attached hydrogen (secondary N) is 1. The van der Waals surface area contributed by atoms with Crippen molar-refractivity contribution < 1.29 is 13.6 Å². The molecule has 0 bridgehead atoms. The molecule has 0 radical (unpaired) electrons. The summed E-state index contributed by atoms with van der Waals surface area (Å²) in [4.78, 5) is 13.7. The van der Waals surface area contributed by atoms with Crippen molar-refractivity contribution in [1.29, 1.82) is 0 Å². The Labute approximate surface area is 158 Å². The van der Waals surface area contributed by atoms with Gasteiger partial charge in [0.05, 0.1) is 5.92 Å². The molecular weight excluding hydrogens is 348 g/mol. The van der Waals surface area contributed by atoms with Crippen LogP contribution in [0.25, 0.3) is 0 Å². The van der Waals surface area contributed by atoms with Crippen molar-refractivity contribution in [3.8, 4) is 0 Å². The Morgan fingerprint density at radius 2 is 1.81 bits per heavy atom. The van der Waals surface area contributed by atoms with Gasteiger partial charge in [-0.25, -0.2) is 8.78 Å². The summed E-state index contributed by atoms with van der Waals surface area (Å²) in [7, 11) is 0. The fourth-order valence-corrected chi connectivity index (χ4v) is 3.53. The van der Waals surface area contributed by atoms with Crippen LogP contribution in [0.1, 0.15) is 29.5 Å². The summed E-state index contributed by atoms with van der Waals surface area (Å²) in [5.74, 6) is -1.93. The second-order valence-corrected chi connectivity index (χ2v) is 7.15. The molecule has 4 nitrogen and oxygen atoms in total. The zero-order chi connectivity index (χ0) is 19.2. The number of primary amides is 1. The van der Waals surface area contributed by atoms with Gasteiger partial charge in [-0.05, 0) is 48.2 Å². The molecule has 144 valence electrons. The maximum Gasteiger partial charge on any atom is 0.221 e. The Morgan fingerprint density at radius 3 is 2.56 bits per heavy atom. The highest BCUT2D eigenvalue weighted by molar-refractivity contribution is 5.76. The molecule has 1 amide bonds. The molecule has 1 heterocycles. The van der Waals surface area contributed by atoms with Gasteiger partial charge in [0.1, 0.15) is 0 Å². The number of nitrogens with two attached hydrogens (primary N) is 1. The van der Waals surface area contributed by atoms with Crippen molar-refractivity contribution in [3.05, 3.63) is 70.8 Å². The van der Waals surface area contributed by atoms with E-state index in [-0.39, 0.29) is 11.8 Å². The Morgan fingerprint density at radius 1 is 1.07 bits per heavy atom. The summed E-state index contributed by atoms with van der Waals surface area (Å²) in [6, 6.07) is 12.2. The first kappa shape index (κ1) is 19.5. The summed E-state index contributed by atoms with van der Waals surface area (Å²) < 4.78 is 26.2. The second kappa shape index (κ2) is 9.06. The molecule has 2 aromatic carbocycles. The molecule has 27 heavy (non-hydrogen) atoms.